The lowest BCUT2D eigenvalue weighted by atomic mass is 9.80. The van der Waals surface area contributed by atoms with E-state index >= 15 is 0 Å². The summed E-state index contributed by atoms with van der Waals surface area (Å²) in [5.74, 6) is 0. The summed E-state index contributed by atoms with van der Waals surface area (Å²) in [6.45, 7) is 6.32. The average molecular weight is 150 g/mol. The van der Waals surface area contributed by atoms with Gasteiger partial charge < -0.3 is 0 Å². The topological polar surface area (TPSA) is 17.1 Å². The van der Waals surface area contributed by atoms with E-state index in [0.29, 0.717) is 0 Å². The first-order valence-corrected chi connectivity index (χ1v) is 3.89. The van der Waals surface area contributed by atoms with Crippen LogP contribution >= 0.6 is 0 Å². The Bertz CT molecular complexity index is 231. The monoisotopic (exact) mass is 150 g/mol. The summed E-state index contributed by atoms with van der Waals surface area (Å²) in [5, 5.41) is 0. The fourth-order valence-corrected chi connectivity index (χ4v) is 1.65. The van der Waals surface area contributed by atoms with Gasteiger partial charge in [0.05, 0.1) is 0 Å². The minimum Gasteiger partial charge on any atom is -0.298 e. The molecule has 0 radical (unpaired) electrons. The molecule has 0 unspecified atom stereocenters. The predicted molar refractivity (Wildman–Crippen MR) is 46.3 cm³/mol. The standard InChI is InChI=1S/C10H14O/c1-8-4-9(7-11)6-10(2,3)5-8/h4-5,7H,6H2,1-3H3. The van der Waals surface area contributed by atoms with Crippen LogP contribution in [0.2, 0.25) is 0 Å². The molecule has 1 nitrogen and oxygen atoms in total. The second-order valence-corrected chi connectivity index (χ2v) is 3.89. The molecule has 0 saturated carbocycles. The van der Waals surface area contributed by atoms with Crippen LogP contribution in [0.4, 0.5) is 0 Å². The van der Waals surface area contributed by atoms with E-state index in [4.69, 9.17) is 0 Å². The van der Waals surface area contributed by atoms with Crippen LogP contribution < -0.4 is 0 Å². The van der Waals surface area contributed by atoms with Crippen molar-refractivity contribution in [2.24, 2.45) is 5.41 Å². The van der Waals surface area contributed by atoms with Gasteiger partial charge in [0.2, 0.25) is 0 Å². The lowest BCUT2D eigenvalue weighted by Gasteiger charge is -2.24. The summed E-state index contributed by atoms with van der Waals surface area (Å²) in [6.07, 6.45) is 5.99. The molecule has 0 amide bonds. The highest BCUT2D eigenvalue weighted by Gasteiger charge is 2.19. The van der Waals surface area contributed by atoms with Crippen molar-refractivity contribution in [1.82, 2.24) is 0 Å². The van der Waals surface area contributed by atoms with Crippen molar-refractivity contribution in [1.29, 1.82) is 0 Å². The number of hydrogen-bond donors (Lipinski definition) is 0. The highest BCUT2D eigenvalue weighted by Crippen LogP contribution is 2.31. The van der Waals surface area contributed by atoms with Crippen LogP contribution in [0, 0.1) is 5.41 Å². The third kappa shape index (κ3) is 2.04. The molecule has 0 atom stereocenters. The Balaban J connectivity index is 2.92. The van der Waals surface area contributed by atoms with Gasteiger partial charge in [0.1, 0.15) is 6.29 Å². The number of carbonyl (C=O) groups excluding carboxylic acids is 1. The fraction of sp³-hybridized carbons (Fsp3) is 0.500. The van der Waals surface area contributed by atoms with Gasteiger partial charge in [0.25, 0.3) is 0 Å². The van der Waals surface area contributed by atoms with Crippen molar-refractivity contribution >= 4 is 6.29 Å². The van der Waals surface area contributed by atoms with Crippen LogP contribution in [0.15, 0.2) is 23.3 Å². The zero-order chi connectivity index (χ0) is 8.48. The molecule has 1 aliphatic carbocycles. The molecule has 0 aromatic heterocycles. The van der Waals surface area contributed by atoms with E-state index in [1.165, 1.54) is 5.57 Å². The Morgan fingerprint density at radius 1 is 1.55 bits per heavy atom. The zero-order valence-electron chi connectivity index (χ0n) is 7.35. The molecule has 0 spiro atoms. The Morgan fingerprint density at radius 2 is 2.18 bits per heavy atom. The Kier molecular flexibility index (Phi) is 1.99. The summed E-state index contributed by atoms with van der Waals surface area (Å²) < 4.78 is 0. The molecule has 11 heavy (non-hydrogen) atoms. The molecule has 1 heteroatoms. The highest BCUT2D eigenvalue weighted by atomic mass is 16.1. The van der Waals surface area contributed by atoms with E-state index in [1.807, 2.05) is 13.0 Å². The highest BCUT2D eigenvalue weighted by molar-refractivity contribution is 5.75. The summed E-state index contributed by atoms with van der Waals surface area (Å²) in [7, 11) is 0. The molecule has 1 rings (SSSR count). The molecule has 0 heterocycles. The maximum Gasteiger partial charge on any atom is 0.146 e. The molecule has 1 aliphatic rings. The SMILES string of the molecule is CC1=CC(C)(C)CC(C=O)=C1. The van der Waals surface area contributed by atoms with Crippen molar-refractivity contribution in [2.75, 3.05) is 0 Å². The molecular weight excluding hydrogens is 136 g/mol. The van der Waals surface area contributed by atoms with Gasteiger partial charge in [-0.15, -0.1) is 0 Å². The molecule has 0 N–H and O–H groups in total. The van der Waals surface area contributed by atoms with Crippen LogP contribution in [0.25, 0.3) is 0 Å². The van der Waals surface area contributed by atoms with Crippen LogP contribution in [-0.4, -0.2) is 6.29 Å². The molecule has 0 aromatic carbocycles. The second-order valence-electron chi connectivity index (χ2n) is 3.89. The summed E-state index contributed by atoms with van der Waals surface area (Å²) in [4.78, 5) is 10.5. The van der Waals surface area contributed by atoms with Crippen LogP contribution in [0.1, 0.15) is 27.2 Å². The number of hydrogen-bond acceptors (Lipinski definition) is 1. The van der Waals surface area contributed by atoms with E-state index < -0.39 is 0 Å². The number of allylic oxidation sites excluding steroid dienone is 4. The van der Waals surface area contributed by atoms with Gasteiger partial charge in [-0.1, -0.05) is 31.6 Å². The van der Waals surface area contributed by atoms with E-state index in [9.17, 15) is 4.79 Å². The third-order valence-electron chi connectivity index (χ3n) is 1.84. The first-order chi connectivity index (χ1) is 5.03. The quantitative estimate of drug-likeness (QED) is 0.525. The maximum absolute atomic E-state index is 10.5. The zero-order valence-corrected chi connectivity index (χ0v) is 7.35. The molecule has 0 saturated heterocycles. The van der Waals surface area contributed by atoms with Gasteiger partial charge in [-0.25, -0.2) is 0 Å². The van der Waals surface area contributed by atoms with Crippen molar-refractivity contribution in [3.8, 4) is 0 Å². The molecular formula is C10H14O. The number of rotatable bonds is 1. The summed E-state index contributed by atoms with van der Waals surface area (Å²) >= 11 is 0. The molecule has 60 valence electrons. The maximum atomic E-state index is 10.5. The Labute approximate surface area is 67.8 Å². The first-order valence-electron chi connectivity index (χ1n) is 3.89. The van der Waals surface area contributed by atoms with Gasteiger partial charge in [0, 0.05) is 0 Å². The van der Waals surface area contributed by atoms with E-state index in [2.05, 4.69) is 19.9 Å². The first kappa shape index (κ1) is 8.25. The average Bonchev–Trinajstić information content (AvgIpc) is 1.83. The minimum atomic E-state index is 0.162. The predicted octanol–water partition coefficient (Wildman–Crippen LogP) is 2.49. The Morgan fingerprint density at radius 3 is 2.64 bits per heavy atom. The van der Waals surface area contributed by atoms with Gasteiger partial charge in [-0.2, -0.15) is 0 Å². The lowest BCUT2D eigenvalue weighted by molar-refractivity contribution is -0.105. The van der Waals surface area contributed by atoms with Crippen molar-refractivity contribution in [2.45, 2.75) is 27.2 Å². The minimum absolute atomic E-state index is 0.162. The molecule has 0 bridgehead atoms. The smallest absolute Gasteiger partial charge is 0.146 e. The molecule has 0 fully saturated rings. The largest absolute Gasteiger partial charge is 0.298 e. The Hall–Kier alpha value is -0.850. The van der Waals surface area contributed by atoms with Crippen molar-refractivity contribution in [3.63, 3.8) is 0 Å². The molecule has 0 aliphatic heterocycles. The van der Waals surface area contributed by atoms with Crippen LogP contribution in [0.5, 0.6) is 0 Å². The van der Waals surface area contributed by atoms with Gasteiger partial charge in [0.15, 0.2) is 0 Å². The van der Waals surface area contributed by atoms with E-state index in [0.717, 1.165) is 18.3 Å². The van der Waals surface area contributed by atoms with Gasteiger partial charge in [-0.05, 0) is 24.3 Å². The van der Waals surface area contributed by atoms with Gasteiger partial charge >= 0.3 is 0 Å². The van der Waals surface area contributed by atoms with Crippen molar-refractivity contribution in [3.05, 3.63) is 23.3 Å². The van der Waals surface area contributed by atoms with Crippen LogP contribution in [0.3, 0.4) is 0 Å². The van der Waals surface area contributed by atoms with Crippen molar-refractivity contribution < 1.29 is 4.79 Å². The van der Waals surface area contributed by atoms with E-state index in [-0.39, 0.29) is 5.41 Å². The normalized spacial score (nSPS) is 22.1. The third-order valence-corrected chi connectivity index (χ3v) is 1.84. The number of carbonyl (C=O) groups is 1. The number of aldehydes is 1. The fourth-order valence-electron chi connectivity index (χ4n) is 1.65. The van der Waals surface area contributed by atoms with Crippen LogP contribution in [-0.2, 0) is 4.79 Å². The summed E-state index contributed by atoms with van der Waals surface area (Å²) in [5.41, 5.74) is 2.27. The molecule has 0 aromatic rings. The second kappa shape index (κ2) is 2.65. The summed E-state index contributed by atoms with van der Waals surface area (Å²) in [6, 6.07) is 0. The lowest BCUT2D eigenvalue weighted by Crippen LogP contribution is -2.13. The van der Waals surface area contributed by atoms with E-state index in [1.54, 1.807) is 0 Å². The van der Waals surface area contributed by atoms with Gasteiger partial charge in [-0.3, -0.25) is 4.79 Å².